The van der Waals surface area contributed by atoms with Crippen LogP contribution in [0.1, 0.15) is 44.6 Å². The highest BCUT2D eigenvalue weighted by molar-refractivity contribution is 5.78. The molecule has 1 saturated heterocycles. The zero-order valence-corrected chi connectivity index (χ0v) is 18.9. The lowest BCUT2D eigenvalue weighted by Crippen LogP contribution is -2.45. The topological polar surface area (TPSA) is 121 Å². The van der Waals surface area contributed by atoms with Crippen molar-refractivity contribution in [3.8, 4) is 5.75 Å². The molecule has 9 heteroatoms. The van der Waals surface area contributed by atoms with Gasteiger partial charge in [0.2, 0.25) is 5.91 Å². The first kappa shape index (κ1) is 24.3. The number of hydrogen-bond acceptors (Lipinski definition) is 7. The molecular weight excluding hydrogens is 412 g/mol. The Morgan fingerprint density at radius 2 is 1.97 bits per heavy atom. The van der Waals surface area contributed by atoms with E-state index in [1.165, 1.54) is 0 Å². The summed E-state index contributed by atoms with van der Waals surface area (Å²) in [4.78, 5) is 24.4. The summed E-state index contributed by atoms with van der Waals surface area (Å²) < 4.78 is 10.7. The van der Waals surface area contributed by atoms with Crippen LogP contribution in [0.25, 0.3) is 0 Å². The Balaban J connectivity index is 1.36. The van der Waals surface area contributed by atoms with Crippen molar-refractivity contribution in [1.29, 1.82) is 0 Å². The second kappa shape index (κ2) is 12.0. The Labute approximate surface area is 189 Å². The number of carbonyl (C=O) groups is 2. The van der Waals surface area contributed by atoms with Gasteiger partial charge < -0.3 is 25.2 Å². The highest BCUT2D eigenvalue weighted by Gasteiger charge is 2.37. The minimum absolute atomic E-state index is 0.0346. The average molecular weight is 449 g/mol. The van der Waals surface area contributed by atoms with Crippen molar-refractivity contribution in [2.24, 2.45) is 11.8 Å². The van der Waals surface area contributed by atoms with E-state index >= 15 is 0 Å². The summed E-state index contributed by atoms with van der Waals surface area (Å²) in [6, 6.07) is 7.70. The largest absolute Gasteiger partial charge is 0.497 e. The number of hydrogen-bond donors (Lipinski definition) is 5. The van der Waals surface area contributed by atoms with E-state index in [0.29, 0.717) is 18.9 Å². The van der Waals surface area contributed by atoms with Crippen LogP contribution in [0.4, 0.5) is 4.79 Å². The number of benzene rings is 1. The Morgan fingerprint density at radius 3 is 2.66 bits per heavy atom. The molecule has 2 fully saturated rings. The van der Waals surface area contributed by atoms with Crippen LogP contribution in [0.2, 0.25) is 0 Å². The molecule has 5 N–H and O–H groups in total. The smallest absolute Gasteiger partial charge is 0.407 e. The number of aliphatic hydroxyl groups excluding tert-OH is 1. The molecule has 1 aliphatic heterocycles. The molecule has 0 aromatic heterocycles. The summed E-state index contributed by atoms with van der Waals surface area (Å²) in [5.41, 5.74) is 7.41. The summed E-state index contributed by atoms with van der Waals surface area (Å²) in [6.45, 7) is 2.46. The lowest BCUT2D eigenvalue weighted by molar-refractivity contribution is -0.121. The molecule has 5 atom stereocenters. The van der Waals surface area contributed by atoms with E-state index in [-0.39, 0.29) is 36.7 Å². The van der Waals surface area contributed by atoms with Crippen LogP contribution in [0.5, 0.6) is 5.75 Å². The monoisotopic (exact) mass is 448 g/mol. The number of aliphatic hydroxyl groups is 1. The molecule has 3 unspecified atom stereocenters. The fourth-order valence-electron chi connectivity index (χ4n) is 4.36. The van der Waals surface area contributed by atoms with Crippen molar-refractivity contribution < 1.29 is 24.2 Å². The van der Waals surface area contributed by atoms with Gasteiger partial charge in [0.25, 0.3) is 0 Å². The summed E-state index contributed by atoms with van der Waals surface area (Å²) >= 11 is 0. The van der Waals surface area contributed by atoms with Gasteiger partial charge in [0, 0.05) is 19.2 Å². The fourth-order valence-corrected chi connectivity index (χ4v) is 4.36. The highest BCUT2D eigenvalue weighted by Crippen LogP contribution is 2.32. The number of alkyl carbamates (subject to hydrolysis) is 1. The number of amides is 2. The maximum absolute atomic E-state index is 12.4. The van der Waals surface area contributed by atoms with Gasteiger partial charge in [-0.05, 0) is 61.6 Å². The molecule has 2 aliphatic rings. The SMILES string of the molecule is CCC(CO)CNC(=O)O[C@@H]1CC[C@H](C2CC(NC(=O)Cc3ccc(OC)cc3)NN2)C1. The number of rotatable bonds is 10. The van der Waals surface area contributed by atoms with Crippen molar-refractivity contribution in [3.63, 3.8) is 0 Å². The van der Waals surface area contributed by atoms with Gasteiger partial charge in [0.1, 0.15) is 11.9 Å². The molecule has 3 rings (SSSR count). The third kappa shape index (κ3) is 7.08. The molecule has 2 amide bonds. The van der Waals surface area contributed by atoms with Gasteiger partial charge in [-0.15, -0.1) is 0 Å². The standard InChI is InChI=1S/C23H36N4O5/c1-3-15(14-28)13-24-23(30)32-19-9-6-17(11-19)20-12-21(27-26-20)25-22(29)10-16-4-7-18(31-2)8-5-16/h4-5,7-8,15,17,19-21,26-28H,3,6,9-14H2,1-2H3,(H,24,30)(H,25,29)/t15?,17-,19+,20?,21?/m0/s1. The molecule has 1 heterocycles. The number of ether oxygens (including phenoxy) is 2. The van der Waals surface area contributed by atoms with Crippen molar-refractivity contribution in [2.75, 3.05) is 20.3 Å². The number of nitrogens with one attached hydrogen (secondary N) is 4. The van der Waals surface area contributed by atoms with Gasteiger partial charge in [-0.1, -0.05) is 19.1 Å². The average Bonchev–Trinajstić information content (AvgIpc) is 3.44. The van der Waals surface area contributed by atoms with Crippen molar-refractivity contribution in [3.05, 3.63) is 29.8 Å². The molecule has 178 valence electrons. The molecular formula is C23H36N4O5. The minimum atomic E-state index is -0.413. The van der Waals surface area contributed by atoms with Gasteiger partial charge in [-0.3, -0.25) is 10.2 Å². The quantitative estimate of drug-likeness (QED) is 0.367. The molecule has 1 aromatic rings. The Hall–Kier alpha value is -2.36. The van der Waals surface area contributed by atoms with Crippen LogP contribution in [-0.4, -0.2) is 55.7 Å². The first-order valence-corrected chi connectivity index (χ1v) is 11.5. The lowest BCUT2D eigenvalue weighted by Gasteiger charge is -2.19. The van der Waals surface area contributed by atoms with E-state index in [1.54, 1.807) is 7.11 Å². The zero-order chi connectivity index (χ0) is 22.9. The summed E-state index contributed by atoms with van der Waals surface area (Å²) in [6.07, 6.45) is 3.88. The second-order valence-corrected chi connectivity index (χ2v) is 8.71. The van der Waals surface area contributed by atoms with E-state index < -0.39 is 6.09 Å². The van der Waals surface area contributed by atoms with E-state index in [1.807, 2.05) is 31.2 Å². The Morgan fingerprint density at radius 1 is 1.19 bits per heavy atom. The van der Waals surface area contributed by atoms with Crippen molar-refractivity contribution in [2.45, 2.75) is 63.8 Å². The van der Waals surface area contributed by atoms with E-state index in [9.17, 15) is 14.7 Å². The number of hydrazine groups is 1. The van der Waals surface area contributed by atoms with Crippen LogP contribution in [0.15, 0.2) is 24.3 Å². The highest BCUT2D eigenvalue weighted by atomic mass is 16.6. The van der Waals surface area contributed by atoms with Crippen LogP contribution in [-0.2, 0) is 16.0 Å². The predicted molar refractivity (Wildman–Crippen MR) is 120 cm³/mol. The molecule has 1 saturated carbocycles. The second-order valence-electron chi connectivity index (χ2n) is 8.71. The lowest BCUT2D eigenvalue weighted by atomic mass is 9.96. The molecule has 32 heavy (non-hydrogen) atoms. The minimum Gasteiger partial charge on any atom is -0.497 e. The van der Waals surface area contributed by atoms with Crippen molar-refractivity contribution >= 4 is 12.0 Å². The van der Waals surface area contributed by atoms with Crippen LogP contribution in [0.3, 0.4) is 0 Å². The number of methoxy groups -OCH3 is 1. The maximum Gasteiger partial charge on any atom is 0.407 e. The van der Waals surface area contributed by atoms with Gasteiger partial charge in [0.15, 0.2) is 0 Å². The molecule has 1 aliphatic carbocycles. The first-order chi connectivity index (χ1) is 15.5. The van der Waals surface area contributed by atoms with Crippen LogP contribution in [0, 0.1) is 11.8 Å². The van der Waals surface area contributed by atoms with Crippen molar-refractivity contribution in [1.82, 2.24) is 21.5 Å². The number of carbonyl (C=O) groups excluding carboxylic acids is 2. The molecule has 1 aromatic carbocycles. The third-order valence-corrected chi connectivity index (χ3v) is 6.43. The summed E-state index contributed by atoms with van der Waals surface area (Å²) in [5, 5.41) is 15.0. The summed E-state index contributed by atoms with van der Waals surface area (Å²) in [7, 11) is 1.62. The summed E-state index contributed by atoms with van der Waals surface area (Å²) in [5.74, 6) is 1.17. The molecule has 0 bridgehead atoms. The Bertz CT molecular complexity index is 740. The zero-order valence-electron chi connectivity index (χ0n) is 18.9. The van der Waals surface area contributed by atoms with Crippen LogP contribution < -0.4 is 26.2 Å². The van der Waals surface area contributed by atoms with E-state index in [4.69, 9.17) is 9.47 Å². The van der Waals surface area contributed by atoms with Gasteiger partial charge >= 0.3 is 6.09 Å². The fraction of sp³-hybridized carbons (Fsp3) is 0.652. The van der Waals surface area contributed by atoms with Gasteiger partial charge in [0.05, 0.1) is 19.7 Å². The maximum atomic E-state index is 12.4. The molecule has 9 nitrogen and oxygen atoms in total. The van der Waals surface area contributed by atoms with Gasteiger partial charge in [-0.2, -0.15) is 0 Å². The molecule has 0 spiro atoms. The van der Waals surface area contributed by atoms with E-state index in [0.717, 1.165) is 43.4 Å². The Kier molecular flexibility index (Phi) is 9.13. The van der Waals surface area contributed by atoms with Gasteiger partial charge in [-0.25, -0.2) is 10.2 Å². The molecule has 0 radical (unpaired) electrons. The first-order valence-electron chi connectivity index (χ1n) is 11.5. The predicted octanol–water partition coefficient (Wildman–Crippen LogP) is 1.46. The van der Waals surface area contributed by atoms with E-state index in [2.05, 4.69) is 21.5 Å². The normalized spacial score (nSPS) is 25.8. The van der Waals surface area contributed by atoms with Crippen LogP contribution >= 0.6 is 0 Å². The third-order valence-electron chi connectivity index (χ3n) is 6.43.